The number of fused-ring (bicyclic) bond motifs is 1. The monoisotopic (exact) mass is 382 g/mol. The van der Waals surface area contributed by atoms with Gasteiger partial charge in [-0.2, -0.15) is 4.98 Å². The van der Waals surface area contributed by atoms with Crippen molar-refractivity contribution < 1.29 is 4.79 Å². The average molecular weight is 382 g/mol. The lowest BCUT2D eigenvalue weighted by molar-refractivity contribution is -0.113. The van der Waals surface area contributed by atoms with Gasteiger partial charge < -0.3 is 0 Å². The molecule has 0 saturated heterocycles. The standard InChI is InChI=1S/C22H14N4OS/c27-21-17(14-15-8-3-1-4-9-15)24-20(16-10-5-2-6-11-16)26(21)22-25-19-18(28-22)12-7-13-23-19/h1-14H/b17-14+. The lowest BCUT2D eigenvalue weighted by atomic mass is 10.2. The van der Waals surface area contributed by atoms with Gasteiger partial charge in [-0.1, -0.05) is 72.0 Å². The summed E-state index contributed by atoms with van der Waals surface area (Å²) in [4.78, 5) is 28.4. The molecule has 1 aliphatic rings. The highest BCUT2D eigenvalue weighted by Gasteiger charge is 2.34. The zero-order valence-corrected chi connectivity index (χ0v) is 15.5. The maximum absolute atomic E-state index is 13.3. The largest absolute Gasteiger partial charge is 0.284 e. The molecule has 3 heterocycles. The summed E-state index contributed by atoms with van der Waals surface area (Å²) in [6, 6.07) is 23.2. The number of amides is 1. The van der Waals surface area contributed by atoms with E-state index in [0.717, 1.165) is 15.8 Å². The van der Waals surface area contributed by atoms with Crippen LogP contribution in [0.5, 0.6) is 0 Å². The third-order valence-electron chi connectivity index (χ3n) is 4.34. The number of carbonyl (C=O) groups is 1. The number of pyridine rings is 1. The first-order chi connectivity index (χ1) is 13.8. The Morgan fingerprint density at radius 2 is 1.64 bits per heavy atom. The fourth-order valence-electron chi connectivity index (χ4n) is 3.04. The molecule has 1 amide bonds. The van der Waals surface area contributed by atoms with Gasteiger partial charge >= 0.3 is 0 Å². The summed E-state index contributed by atoms with van der Waals surface area (Å²) in [6.45, 7) is 0. The van der Waals surface area contributed by atoms with Crippen molar-refractivity contribution >= 4 is 44.6 Å². The molecule has 0 atom stereocenters. The SMILES string of the molecule is O=C1/C(=C\c2ccccc2)N=C(c2ccccc2)N1c1nc2ncccc2s1. The minimum absolute atomic E-state index is 0.193. The van der Waals surface area contributed by atoms with E-state index in [4.69, 9.17) is 0 Å². The number of aromatic nitrogens is 2. The van der Waals surface area contributed by atoms with Crippen LogP contribution >= 0.6 is 11.3 Å². The van der Waals surface area contributed by atoms with Crippen LogP contribution in [0.25, 0.3) is 16.4 Å². The van der Waals surface area contributed by atoms with Crippen molar-refractivity contribution in [3.8, 4) is 0 Å². The van der Waals surface area contributed by atoms with Crippen LogP contribution in [0.1, 0.15) is 11.1 Å². The van der Waals surface area contributed by atoms with Gasteiger partial charge in [0.1, 0.15) is 11.5 Å². The number of nitrogens with zero attached hydrogens (tertiary/aromatic N) is 4. The second-order valence-corrected chi connectivity index (χ2v) is 7.21. The normalized spacial score (nSPS) is 15.4. The molecule has 0 spiro atoms. The molecule has 0 saturated carbocycles. The van der Waals surface area contributed by atoms with Gasteiger partial charge in [0.05, 0.1) is 4.70 Å². The van der Waals surface area contributed by atoms with E-state index in [0.29, 0.717) is 22.3 Å². The molecule has 6 heteroatoms. The molecule has 0 aliphatic carbocycles. The Labute approximate surface area is 165 Å². The Bertz CT molecular complexity index is 1200. The second kappa shape index (κ2) is 6.83. The van der Waals surface area contributed by atoms with E-state index in [1.807, 2.05) is 72.8 Å². The Kier molecular flexibility index (Phi) is 4.03. The molecule has 5 rings (SSSR count). The summed E-state index contributed by atoms with van der Waals surface area (Å²) in [6.07, 6.45) is 3.50. The second-order valence-electron chi connectivity index (χ2n) is 6.20. The van der Waals surface area contributed by atoms with E-state index in [1.54, 1.807) is 17.2 Å². The van der Waals surface area contributed by atoms with E-state index >= 15 is 0 Å². The third-order valence-corrected chi connectivity index (χ3v) is 5.34. The van der Waals surface area contributed by atoms with E-state index in [2.05, 4.69) is 15.0 Å². The van der Waals surface area contributed by atoms with Crippen molar-refractivity contribution in [3.63, 3.8) is 0 Å². The van der Waals surface area contributed by atoms with E-state index in [-0.39, 0.29) is 5.91 Å². The molecule has 2 aromatic carbocycles. The topological polar surface area (TPSA) is 58.5 Å². The van der Waals surface area contributed by atoms with Crippen LogP contribution in [0.2, 0.25) is 0 Å². The summed E-state index contributed by atoms with van der Waals surface area (Å²) < 4.78 is 0.929. The van der Waals surface area contributed by atoms with Crippen LogP contribution in [0, 0.1) is 0 Å². The Morgan fingerprint density at radius 1 is 0.893 bits per heavy atom. The predicted octanol–water partition coefficient (Wildman–Crippen LogP) is 4.53. The van der Waals surface area contributed by atoms with Gasteiger partial charge in [0.15, 0.2) is 5.65 Å². The number of hydrogen-bond acceptors (Lipinski definition) is 5. The lowest BCUT2D eigenvalue weighted by Gasteiger charge is -2.14. The van der Waals surface area contributed by atoms with Gasteiger partial charge in [-0.25, -0.2) is 14.9 Å². The van der Waals surface area contributed by atoms with Crippen molar-refractivity contribution in [2.75, 3.05) is 4.90 Å². The van der Waals surface area contributed by atoms with Gasteiger partial charge in [-0.15, -0.1) is 0 Å². The summed E-state index contributed by atoms with van der Waals surface area (Å²) in [5.41, 5.74) is 2.80. The molecule has 0 unspecified atom stereocenters. The molecule has 0 N–H and O–H groups in total. The van der Waals surface area contributed by atoms with Crippen molar-refractivity contribution in [3.05, 3.63) is 95.8 Å². The first-order valence-electron chi connectivity index (χ1n) is 8.76. The van der Waals surface area contributed by atoms with Crippen LogP contribution in [0.3, 0.4) is 0 Å². The maximum atomic E-state index is 13.3. The number of hydrogen-bond donors (Lipinski definition) is 0. The van der Waals surface area contributed by atoms with Crippen molar-refractivity contribution in [2.45, 2.75) is 0 Å². The molecule has 2 aromatic heterocycles. The van der Waals surface area contributed by atoms with Crippen LogP contribution in [-0.2, 0) is 4.79 Å². The highest BCUT2D eigenvalue weighted by atomic mass is 32.1. The van der Waals surface area contributed by atoms with Crippen LogP contribution in [0.15, 0.2) is 89.7 Å². The Hall–Kier alpha value is -3.64. The number of thiazole rings is 1. The third kappa shape index (κ3) is 2.90. The van der Waals surface area contributed by atoms with Gasteiger partial charge in [0.2, 0.25) is 5.13 Å². The number of amidine groups is 1. The smallest absolute Gasteiger partial charge is 0.266 e. The molecule has 28 heavy (non-hydrogen) atoms. The van der Waals surface area contributed by atoms with Crippen LogP contribution in [0.4, 0.5) is 5.13 Å². The zero-order valence-electron chi connectivity index (χ0n) is 14.7. The number of benzene rings is 2. The highest BCUT2D eigenvalue weighted by Crippen LogP contribution is 2.33. The lowest BCUT2D eigenvalue weighted by Crippen LogP contribution is -2.32. The zero-order chi connectivity index (χ0) is 18.9. The molecule has 0 radical (unpaired) electrons. The summed E-state index contributed by atoms with van der Waals surface area (Å²) in [5.74, 6) is 0.383. The maximum Gasteiger partial charge on any atom is 0.284 e. The Morgan fingerprint density at radius 3 is 2.39 bits per heavy atom. The Balaban J connectivity index is 1.65. The molecule has 0 fully saturated rings. The van der Waals surface area contributed by atoms with E-state index in [9.17, 15) is 4.79 Å². The van der Waals surface area contributed by atoms with Crippen molar-refractivity contribution in [1.82, 2.24) is 9.97 Å². The molecule has 5 nitrogen and oxygen atoms in total. The molecule has 1 aliphatic heterocycles. The van der Waals surface area contributed by atoms with E-state index in [1.165, 1.54) is 11.3 Å². The fraction of sp³-hybridized carbons (Fsp3) is 0. The summed E-state index contributed by atoms with van der Waals surface area (Å²) in [5, 5.41) is 0.567. The molecular formula is C22H14N4OS. The summed E-state index contributed by atoms with van der Waals surface area (Å²) in [7, 11) is 0. The number of aliphatic imine (C=N–C) groups is 1. The minimum atomic E-state index is -0.193. The summed E-state index contributed by atoms with van der Waals surface area (Å²) >= 11 is 1.43. The molecule has 134 valence electrons. The first-order valence-corrected chi connectivity index (χ1v) is 9.58. The number of carbonyl (C=O) groups excluding carboxylic acids is 1. The van der Waals surface area contributed by atoms with Gasteiger partial charge in [-0.3, -0.25) is 4.79 Å². The van der Waals surface area contributed by atoms with Crippen LogP contribution in [-0.4, -0.2) is 21.7 Å². The minimum Gasteiger partial charge on any atom is -0.266 e. The van der Waals surface area contributed by atoms with Crippen molar-refractivity contribution in [2.24, 2.45) is 4.99 Å². The first kappa shape index (κ1) is 16.5. The van der Waals surface area contributed by atoms with Gasteiger partial charge in [0.25, 0.3) is 5.91 Å². The number of rotatable bonds is 3. The highest BCUT2D eigenvalue weighted by molar-refractivity contribution is 7.22. The van der Waals surface area contributed by atoms with Crippen molar-refractivity contribution in [1.29, 1.82) is 0 Å². The molecule has 0 bridgehead atoms. The predicted molar refractivity (Wildman–Crippen MR) is 112 cm³/mol. The molecule has 4 aromatic rings. The van der Waals surface area contributed by atoms with Crippen LogP contribution < -0.4 is 4.90 Å². The number of anilines is 1. The quantitative estimate of drug-likeness (QED) is 0.489. The van der Waals surface area contributed by atoms with Gasteiger partial charge in [0, 0.05) is 11.8 Å². The van der Waals surface area contributed by atoms with E-state index < -0.39 is 0 Å². The average Bonchev–Trinajstić information content (AvgIpc) is 3.30. The molecular weight excluding hydrogens is 368 g/mol. The fourth-order valence-corrected chi connectivity index (χ4v) is 3.96. The van der Waals surface area contributed by atoms with Gasteiger partial charge in [-0.05, 0) is 23.8 Å².